The summed E-state index contributed by atoms with van der Waals surface area (Å²) in [7, 11) is 1.34. The van der Waals surface area contributed by atoms with Crippen molar-refractivity contribution in [3.05, 3.63) is 91.6 Å². The van der Waals surface area contributed by atoms with Gasteiger partial charge in [-0.25, -0.2) is 14.0 Å². The number of anilines is 1. The summed E-state index contributed by atoms with van der Waals surface area (Å²) in [5.74, 6) is -4.73. The van der Waals surface area contributed by atoms with Crippen molar-refractivity contribution in [3.63, 3.8) is 0 Å². The van der Waals surface area contributed by atoms with Crippen molar-refractivity contribution in [1.82, 2.24) is 9.47 Å². The molecule has 18 heteroatoms. The average Bonchev–Trinajstić information content (AvgIpc) is 3.93. The molecule has 3 heterocycles. The Kier molecular flexibility index (Phi) is 13.8. The molecule has 1 aliphatic carbocycles. The average molecular weight is 850 g/mol. The smallest absolute Gasteiger partial charge is 0.413 e. The van der Waals surface area contributed by atoms with Gasteiger partial charge in [0.25, 0.3) is 0 Å². The number of carbonyl (C=O) groups excluding carboxylic acids is 5. The number of piperazine rings is 1. The van der Waals surface area contributed by atoms with E-state index in [0.717, 1.165) is 18.9 Å². The van der Waals surface area contributed by atoms with Gasteiger partial charge in [0.15, 0.2) is 11.6 Å². The number of esters is 3. The van der Waals surface area contributed by atoms with Crippen LogP contribution in [0.1, 0.15) is 89.1 Å². The van der Waals surface area contributed by atoms with Crippen LogP contribution in [0.5, 0.6) is 5.75 Å². The van der Waals surface area contributed by atoms with E-state index in [4.69, 9.17) is 23.7 Å². The van der Waals surface area contributed by atoms with E-state index in [1.807, 2.05) is 5.38 Å². The molecule has 2 fully saturated rings. The Morgan fingerprint density at radius 3 is 2.28 bits per heavy atom. The van der Waals surface area contributed by atoms with Crippen LogP contribution in [-0.4, -0.2) is 103 Å². The van der Waals surface area contributed by atoms with Gasteiger partial charge in [0.2, 0.25) is 18.0 Å². The third kappa shape index (κ3) is 9.93. The highest BCUT2D eigenvalue weighted by molar-refractivity contribution is 7.12. The van der Waals surface area contributed by atoms with Crippen molar-refractivity contribution in [1.29, 1.82) is 0 Å². The first kappa shape index (κ1) is 43.3. The van der Waals surface area contributed by atoms with Crippen LogP contribution in [0.2, 0.25) is 0 Å². The Hall–Kier alpha value is -6.30. The maximum atomic E-state index is 15.8. The van der Waals surface area contributed by atoms with Gasteiger partial charge in [-0.3, -0.25) is 24.0 Å². The highest BCUT2D eigenvalue weighted by Crippen LogP contribution is 2.44. The van der Waals surface area contributed by atoms with Crippen LogP contribution >= 0.6 is 11.3 Å². The fraction of sp³-hybridized carbons (Fsp3) is 0.405. The monoisotopic (exact) mass is 849 g/mol. The summed E-state index contributed by atoms with van der Waals surface area (Å²) < 4.78 is 43.6. The molecule has 2 atom stereocenters. The number of rotatable bonds is 17. The number of aromatic carboxylic acids is 1. The number of carbonyl (C=O) groups is 6. The Bertz CT molecular complexity index is 2330. The van der Waals surface area contributed by atoms with Gasteiger partial charge in [-0.1, -0.05) is 30.3 Å². The first-order valence-corrected chi connectivity index (χ1v) is 20.2. The summed E-state index contributed by atoms with van der Waals surface area (Å²) >= 11 is 1.35. The minimum absolute atomic E-state index is 0.00155. The maximum Gasteiger partial charge on any atom is 0.413 e. The lowest BCUT2D eigenvalue weighted by atomic mass is 9.98. The Labute approximate surface area is 347 Å². The Morgan fingerprint density at radius 2 is 1.65 bits per heavy atom. The van der Waals surface area contributed by atoms with E-state index in [2.05, 4.69) is 0 Å². The van der Waals surface area contributed by atoms with E-state index >= 15 is 4.39 Å². The molecule has 2 aliphatic rings. The van der Waals surface area contributed by atoms with Crippen molar-refractivity contribution in [2.45, 2.75) is 64.0 Å². The molecule has 0 spiro atoms. The summed E-state index contributed by atoms with van der Waals surface area (Å²) in [4.78, 5) is 90.8. The highest BCUT2D eigenvalue weighted by Gasteiger charge is 2.35. The van der Waals surface area contributed by atoms with Gasteiger partial charge in [-0.05, 0) is 49.8 Å². The van der Waals surface area contributed by atoms with Crippen LogP contribution in [0.25, 0.3) is 10.9 Å². The third-order valence-electron chi connectivity index (χ3n) is 10.3. The second-order valence-electron chi connectivity index (χ2n) is 14.4. The van der Waals surface area contributed by atoms with Gasteiger partial charge in [-0.2, -0.15) is 0 Å². The van der Waals surface area contributed by atoms with Gasteiger partial charge in [0.05, 0.1) is 54.9 Å². The predicted molar refractivity (Wildman–Crippen MR) is 214 cm³/mol. The highest BCUT2D eigenvalue weighted by atomic mass is 32.1. The molecule has 16 nitrogen and oxygen atoms in total. The zero-order chi connectivity index (χ0) is 43.1. The van der Waals surface area contributed by atoms with Crippen LogP contribution < -0.4 is 15.1 Å². The summed E-state index contributed by atoms with van der Waals surface area (Å²) in [6.07, 6.45) is 1.62. The van der Waals surface area contributed by atoms with E-state index in [0.29, 0.717) is 21.5 Å². The number of amides is 1. The number of ether oxygens (including phenoxy) is 5. The van der Waals surface area contributed by atoms with Crippen molar-refractivity contribution in [2.75, 3.05) is 51.7 Å². The van der Waals surface area contributed by atoms with Crippen LogP contribution in [0.15, 0.2) is 58.8 Å². The minimum Gasteiger partial charge on any atom is -0.492 e. The fourth-order valence-electron chi connectivity index (χ4n) is 6.89. The number of nitrogens with zero attached hydrogens (tertiary/aromatic N) is 3. The zero-order valence-electron chi connectivity index (χ0n) is 33.2. The normalized spacial score (nSPS) is 15.6. The summed E-state index contributed by atoms with van der Waals surface area (Å²) in [5.41, 5.74) is 0.300. The molecule has 2 aromatic heterocycles. The molecular formula is C42H44FN3O13S. The molecule has 1 saturated heterocycles. The molecule has 1 N–H and O–H groups in total. The first-order chi connectivity index (χ1) is 28.8. The number of halogens is 1. The summed E-state index contributed by atoms with van der Waals surface area (Å²) in [5, 5.41) is 11.3. The standard InChI is InChI=1S/C42H44FN3O13S/c1-24-21-44(36-31(43)20-29-35(39(36)55-3)46(28-11-12-28)22-30(38(29)50)40(51)52)15-16-45(24)42(54)59-23-58-34(48)14-13-33(47)56-17-5-18-57-41(53)25(2)26-7-9-27(10-8-26)37(49)32-6-4-19-60-32/h4,6-10,19-20,22,24-25,28H,5,11-18,21,23H2,1-3H3,(H,51,52). The number of fused-ring (bicyclic) bond motifs is 1. The summed E-state index contributed by atoms with van der Waals surface area (Å²) in [6, 6.07) is 10.8. The molecule has 0 radical (unpaired) electrons. The van der Waals surface area contributed by atoms with E-state index in [1.54, 1.807) is 59.7 Å². The van der Waals surface area contributed by atoms with Crippen molar-refractivity contribution in [2.24, 2.45) is 0 Å². The quantitative estimate of drug-likeness (QED) is 0.0448. The SMILES string of the molecule is COc1c(N2CCN(C(=O)OCOC(=O)CCC(=O)OCCCOC(=O)C(C)c3ccc(C(=O)c4cccs4)cc3)C(C)C2)c(F)cc2c(=O)c(C(=O)O)cn(C3CC3)c12. The maximum absolute atomic E-state index is 15.8. The number of ketones is 1. The number of pyridine rings is 1. The molecule has 1 amide bonds. The van der Waals surface area contributed by atoms with Crippen LogP contribution in [0.4, 0.5) is 14.9 Å². The third-order valence-corrected chi connectivity index (χ3v) is 11.1. The van der Waals surface area contributed by atoms with Gasteiger partial charge < -0.3 is 43.2 Å². The lowest BCUT2D eigenvalue weighted by Crippen LogP contribution is -2.54. The lowest BCUT2D eigenvalue weighted by Gasteiger charge is -2.40. The molecule has 2 unspecified atom stereocenters. The van der Waals surface area contributed by atoms with Crippen LogP contribution in [-0.2, 0) is 33.3 Å². The number of hydrogen-bond donors (Lipinski definition) is 1. The fourth-order valence-corrected chi connectivity index (χ4v) is 7.57. The zero-order valence-corrected chi connectivity index (χ0v) is 34.0. The van der Waals surface area contributed by atoms with Gasteiger partial charge in [-0.15, -0.1) is 11.3 Å². The number of carboxylic acids is 1. The van der Waals surface area contributed by atoms with Crippen LogP contribution in [0, 0.1) is 5.82 Å². The summed E-state index contributed by atoms with van der Waals surface area (Å²) in [6.45, 7) is 3.05. The van der Waals surface area contributed by atoms with Gasteiger partial charge >= 0.3 is 30.0 Å². The first-order valence-electron chi connectivity index (χ1n) is 19.3. The number of hydrogen-bond acceptors (Lipinski definition) is 14. The number of carboxylic acid groups (broad SMARTS) is 1. The Morgan fingerprint density at radius 1 is 0.950 bits per heavy atom. The van der Waals surface area contributed by atoms with Crippen molar-refractivity contribution < 1.29 is 61.9 Å². The minimum atomic E-state index is -1.41. The van der Waals surface area contributed by atoms with Gasteiger partial charge in [0, 0.05) is 49.9 Å². The van der Waals surface area contributed by atoms with Crippen molar-refractivity contribution in [3.8, 4) is 5.75 Å². The van der Waals surface area contributed by atoms with Crippen molar-refractivity contribution >= 4 is 63.7 Å². The van der Waals surface area contributed by atoms with E-state index in [-0.39, 0.29) is 80.8 Å². The number of thiophene rings is 1. The lowest BCUT2D eigenvalue weighted by molar-refractivity contribution is -0.156. The molecular weight excluding hydrogens is 806 g/mol. The molecule has 0 bridgehead atoms. The molecule has 318 valence electrons. The Balaban J connectivity index is 0.886. The topological polar surface area (TPSA) is 197 Å². The number of aromatic nitrogens is 1. The van der Waals surface area contributed by atoms with E-state index < -0.39 is 65.5 Å². The number of benzene rings is 2. The van der Waals surface area contributed by atoms with Gasteiger partial charge in [0.1, 0.15) is 11.3 Å². The molecule has 4 aromatic rings. The van der Waals surface area contributed by atoms with E-state index in [1.165, 1.54) is 29.5 Å². The molecule has 1 aliphatic heterocycles. The second-order valence-corrected chi connectivity index (χ2v) is 15.3. The molecule has 6 rings (SSSR count). The molecule has 60 heavy (non-hydrogen) atoms. The predicted octanol–water partition coefficient (Wildman–Crippen LogP) is 5.68. The van der Waals surface area contributed by atoms with E-state index in [9.17, 15) is 38.7 Å². The van der Waals surface area contributed by atoms with Crippen LogP contribution in [0.3, 0.4) is 0 Å². The number of methoxy groups -OCH3 is 1. The molecule has 1 saturated carbocycles. The molecule has 2 aromatic carbocycles. The largest absolute Gasteiger partial charge is 0.492 e. The second kappa shape index (κ2) is 19.2.